The third-order valence-electron chi connectivity index (χ3n) is 2.96. The maximum atomic E-state index is 11.6. The molecule has 6 heteroatoms. The molecule has 0 spiro atoms. The van der Waals surface area contributed by atoms with Gasteiger partial charge in [-0.3, -0.25) is 4.79 Å². The highest BCUT2D eigenvalue weighted by Gasteiger charge is 2.29. The van der Waals surface area contributed by atoms with Crippen molar-refractivity contribution in [3.05, 3.63) is 11.9 Å². The maximum Gasteiger partial charge on any atom is 0.272 e. The molecule has 1 saturated carbocycles. The van der Waals surface area contributed by atoms with Gasteiger partial charge in [-0.15, -0.1) is 0 Å². The molecule has 1 aliphatic carbocycles. The number of aliphatic hydroxyl groups is 1. The van der Waals surface area contributed by atoms with Gasteiger partial charge < -0.3 is 10.4 Å². The average molecular weight is 241 g/mol. The Morgan fingerprint density at radius 2 is 2.25 bits per heavy atom. The Balaban J connectivity index is 1.84. The molecule has 1 fully saturated rings. The molecule has 5 nitrogen and oxygen atoms in total. The first kappa shape index (κ1) is 11.5. The van der Waals surface area contributed by atoms with Gasteiger partial charge in [0, 0.05) is 6.54 Å². The molecule has 0 radical (unpaired) electrons. The van der Waals surface area contributed by atoms with Crippen LogP contribution in [0.4, 0.5) is 0 Å². The minimum absolute atomic E-state index is 0.257. The van der Waals surface area contributed by atoms with Gasteiger partial charge in [-0.1, -0.05) is 19.3 Å². The normalized spacial score (nSPS) is 19.3. The number of nitrogens with zero attached hydrogens (tertiary/aromatic N) is 2. The molecule has 2 rings (SSSR count). The first-order valence-electron chi connectivity index (χ1n) is 5.48. The van der Waals surface area contributed by atoms with Crippen LogP contribution in [0.1, 0.15) is 42.6 Å². The molecule has 88 valence electrons. The molecule has 0 unspecified atom stereocenters. The van der Waals surface area contributed by atoms with Crippen molar-refractivity contribution in [1.29, 1.82) is 0 Å². The zero-order valence-corrected chi connectivity index (χ0v) is 9.79. The van der Waals surface area contributed by atoms with E-state index >= 15 is 0 Å². The SMILES string of the molecule is O=C(NCC1(O)CCCCC1)c1cnsn1. The van der Waals surface area contributed by atoms with Gasteiger partial charge in [0.05, 0.1) is 23.5 Å². The molecule has 0 bridgehead atoms. The van der Waals surface area contributed by atoms with Crippen molar-refractivity contribution in [2.75, 3.05) is 6.54 Å². The monoisotopic (exact) mass is 241 g/mol. The van der Waals surface area contributed by atoms with Gasteiger partial charge in [-0.2, -0.15) is 8.75 Å². The molecule has 1 amide bonds. The van der Waals surface area contributed by atoms with E-state index in [1.54, 1.807) is 0 Å². The number of rotatable bonds is 3. The lowest BCUT2D eigenvalue weighted by atomic mass is 9.85. The maximum absolute atomic E-state index is 11.6. The summed E-state index contributed by atoms with van der Waals surface area (Å²) in [5, 5.41) is 12.9. The van der Waals surface area contributed by atoms with Crippen LogP contribution in [-0.2, 0) is 0 Å². The number of nitrogens with one attached hydrogen (secondary N) is 1. The number of carbonyl (C=O) groups excluding carboxylic acids is 1. The minimum atomic E-state index is -0.725. The lowest BCUT2D eigenvalue weighted by Gasteiger charge is -2.31. The fraction of sp³-hybridized carbons (Fsp3) is 0.700. The zero-order valence-electron chi connectivity index (χ0n) is 8.98. The first-order valence-corrected chi connectivity index (χ1v) is 6.21. The van der Waals surface area contributed by atoms with Crippen LogP contribution >= 0.6 is 11.7 Å². The van der Waals surface area contributed by atoms with Crippen LogP contribution in [0.15, 0.2) is 6.20 Å². The Kier molecular flexibility index (Phi) is 3.50. The van der Waals surface area contributed by atoms with Crippen LogP contribution in [0.25, 0.3) is 0 Å². The molecule has 0 aromatic carbocycles. The van der Waals surface area contributed by atoms with E-state index in [2.05, 4.69) is 14.1 Å². The molecule has 16 heavy (non-hydrogen) atoms. The Morgan fingerprint density at radius 3 is 2.88 bits per heavy atom. The largest absolute Gasteiger partial charge is 0.388 e. The second-order valence-electron chi connectivity index (χ2n) is 4.26. The summed E-state index contributed by atoms with van der Waals surface area (Å²) in [6.45, 7) is 0.309. The lowest BCUT2D eigenvalue weighted by molar-refractivity contribution is 0.00522. The van der Waals surface area contributed by atoms with Gasteiger partial charge in [0.15, 0.2) is 5.69 Å². The Morgan fingerprint density at radius 1 is 1.50 bits per heavy atom. The zero-order chi connectivity index (χ0) is 11.4. The van der Waals surface area contributed by atoms with E-state index < -0.39 is 5.60 Å². The second kappa shape index (κ2) is 4.88. The number of hydrogen-bond acceptors (Lipinski definition) is 5. The third-order valence-corrected chi connectivity index (χ3v) is 3.43. The second-order valence-corrected chi connectivity index (χ2v) is 4.82. The highest BCUT2D eigenvalue weighted by molar-refractivity contribution is 6.99. The van der Waals surface area contributed by atoms with Crippen LogP contribution in [-0.4, -0.2) is 31.9 Å². The van der Waals surface area contributed by atoms with Crippen molar-refractivity contribution in [2.24, 2.45) is 0 Å². The summed E-state index contributed by atoms with van der Waals surface area (Å²) in [6.07, 6.45) is 6.21. The average Bonchev–Trinajstić information content (AvgIpc) is 2.80. The van der Waals surface area contributed by atoms with E-state index in [9.17, 15) is 9.90 Å². The van der Waals surface area contributed by atoms with Crippen molar-refractivity contribution in [2.45, 2.75) is 37.7 Å². The molecule has 1 aromatic rings. The van der Waals surface area contributed by atoms with E-state index in [1.165, 1.54) is 12.6 Å². The molecule has 0 aliphatic heterocycles. The summed E-state index contributed by atoms with van der Waals surface area (Å²) in [4.78, 5) is 11.6. The molecule has 2 N–H and O–H groups in total. The summed E-state index contributed by atoms with van der Waals surface area (Å²) in [5.74, 6) is -0.257. The molecule has 1 aromatic heterocycles. The molecular formula is C10H15N3O2S. The predicted octanol–water partition coefficient (Wildman–Crippen LogP) is 0.963. The smallest absolute Gasteiger partial charge is 0.272 e. The number of carbonyl (C=O) groups is 1. The van der Waals surface area contributed by atoms with Crippen LogP contribution in [0, 0.1) is 0 Å². The third kappa shape index (κ3) is 2.76. The minimum Gasteiger partial charge on any atom is -0.388 e. The standard InChI is InChI=1S/C10H15N3O2S/c14-9(8-6-12-16-13-8)11-7-10(15)4-2-1-3-5-10/h6,15H,1-5,7H2,(H,11,14). The Hall–Kier alpha value is -1.01. The summed E-state index contributed by atoms with van der Waals surface area (Å²) >= 11 is 1.01. The van der Waals surface area contributed by atoms with E-state index in [-0.39, 0.29) is 5.91 Å². The van der Waals surface area contributed by atoms with Gasteiger partial charge in [-0.25, -0.2) is 0 Å². The van der Waals surface area contributed by atoms with E-state index in [4.69, 9.17) is 0 Å². The molecule has 0 atom stereocenters. The van der Waals surface area contributed by atoms with Gasteiger partial charge in [0.1, 0.15) is 0 Å². The Bertz CT molecular complexity index is 347. The Labute approximate surface area is 98.2 Å². The van der Waals surface area contributed by atoms with Crippen LogP contribution in [0.2, 0.25) is 0 Å². The highest BCUT2D eigenvalue weighted by Crippen LogP contribution is 2.27. The van der Waals surface area contributed by atoms with Gasteiger partial charge in [0.25, 0.3) is 5.91 Å². The summed E-state index contributed by atoms with van der Waals surface area (Å²) in [6, 6.07) is 0. The molecule has 0 saturated heterocycles. The quantitative estimate of drug-likeness (QED) is 0.826. The van der Waals surface area contributed by atoms with Crippen LogP contribution in [0.3, 0.4) is 0 Å². The van der Waals surface area contributed by atoms with Crippen LogP contribution in [0.5, 0.6) is 0 Å². The van der Waals surface area contributed by atoms with Crippen molar-refractivity contribution >= 4 is 17.6 Å². The predicted molar refractivity (Wildman–Crippen MR) is 60.3 cm³/mol. The fourth-order valence-corrected chi connectivity index (χ4v) is 2.40. The van der Waals surface area contributed by atoms with Crippen LogP contribution < -0.4 is 5.32 Å². The van der Waals surface area contributed by atoms with Crippen molar-refractivity contribution in [1.82, 2.24) is 14.1 Å². The fourth-order valence-electron chi connectivity index (χ4n) is 1.99. The first-order chi connectivity index (χ1) is 7.70. The lowest BCUT2D eigenvalue weighted by Crippen LogP contribution is -2.44. The molecular weight excluding hydrogens is 226 g/mol. The molecule has 1 aliphatic rings. The number of amides is 1. The summed E-state index contributed by atoms with van der Waals surface area (Å²) < 4.78 is 7.60. The number of hydrogen-bond donors (Lipinski definition) is 2. The van der Waals surface area contributed by atoms with E-state index in [1.807, 2.05) is 0 Å². The molecule has 1 heterocycles. The summed E-state index contributed by atoms with van der Waals surface area (Å²) in [7, 11) is 0. The van der Waals surface area contributed by atoms with E-state index in [0.717, 1.165) is 37.4 Å². The van der Waals surface area contributed by atoms with Gasteiger partial charge in [-0.05, 0) is 12.8 Å². The van der Waals surface area contributed by atoms with Gasteiger partial charge >= 0.3 is 0 Å². The topological polar surface area (TPSA) is 75.1 Å². The van der Waals surface area contributed by atoms with Gasteiger partial charge in [0.2, 0.25) is 0 Å². The van der Waals surface area contributed by atoms with Crippen molar-refractivity contribution < 1.29 is 9.90 Å². The van der Waals surface area contributed by atoms with E-state index in [0.29, 0.717) is 12.2 Å². The number of aromatic nitrogens is 2. The van der Waals surface area contributed by atoms with Crippen molar-refractivity contribution in [3.63, 3.8) is 0 Å². The highest BCUT2D eigenvalue weighted by atomic mass is 32.1. The summed E-state index contributed by atoms with van der Waals surface area (Å²) in [5.41, 5.74) is -0.401. The van der Waals surface area contributed by atoms with Crippen molar-refractivity contribution in [3.8, 4) is 0 Å².